The van der Waals surface area contributed by atoms with Gasteiger partial charge in [-0.25, -0.2) is 6.08 Å². The van der Waals surface area contributed by atoms with Crippen molar-refractivity contribution in [3.8, 4) is 0 Å². The Kier molecular flexibility index (Phi) is 19.6. The Hall–Kier alpha value is 0.680. The predicted molar refractivity (Wildman–Crippen MR) is 115 cm³/mol. The number of rotatable bonds is 0. The van der Waals surface area contributed by atoms with Crippen molar-refractivity contribution in [3.05, 3.63) is 65.5 Å². The van der Waals surface area contributed by atoms with Crippen LogP contribution in [0.15, 0.2) is 38.8 Å². The third-order valence-corrected chi connectivity index (χ3v) is 3.28. The summed E-state index contributed by atoms with van der Waals surface area (Å²) in [6.07, 6.45) is 6.23. The third-order valence-electron chi connectivity index (χ3n) is 2.50. The predicted octanol–water partition coefficient (Wildman–Crippen LogP) is 5.61. The minimum atomic E-state index is -0.250. The average Bonchev–Trinajstić information content (AvgIpc) is 2.96. The molecule has 1 aliphatic heterocycles. The molecule has 0 aromatic heterocycles. The van der Waals surface area contributed by atoms with Crippen LogP contribution in [0, 0.1) is 20.9 Å². The first-order valence-electron chi connectivity index (χ1n) is 6.56. The number of ether oxygens (including phenoxy) is 2. The molecule has 0 aromatic carbocycles. The van der Waals surface area contributed by atoms with E-state index in [9.17, 15) is 0 Å². The van der Waals surface area contributed by atoms with Crippen LogP contribution < -0.4 is 0 Å². The van der Waals surface area contributed by atoms with Gasteiger partial charge in [-0.1, -0.05) is 43.6 Å². The van der Waals surface area contributed by atoms with E-state index in [2.05, 4.69) is 28.1 Å². The van der Waals surface area contributed by atoms with Crippen molar-refractivity contribution in [1.29, 1.82) is 0 Å². The van der Waals surface area contributed by atoms with Crippen molar-refractivity contribution in [3.63, 3.8) is 0 Å². The second-order valence-corrected chi connectivity index (χ2v) is 6.54. The number of hydrogen-bond donors (Lipinski definition) is 0. The first-order valence-corrected chi connectivity index (χ1v) is 13.3. The van der Waals surface area contributed by atoms with Gasteiger partial charge in [0.05, 0.1) is 0 Å². The monoisotopic (exact) mass is 545 g/mol. The van der Waals surface area contributed by atoms with Crippen molar-refractivity contribution in [1.82, 2.24) is 0 Å². The van der Waals surface area contributed by atoms with Gasteiger partial charge in [0.1, 0.15) is 5.76 Å². The van der Waals surface area contributed by atoms with Crippen LogP contribution in [0.2, 0.25) is 0 Å². The molecule has 0 saturated heterocycles. The van der Waals surface area contributed by atoms with E-state index in [1.54, 1.807) is 23.3 Å². The van der Waals surface area contributed by atoms with Crippen LogP contribution in [-0.2, 0) is 32.8 Å². The standard InChI is InChI=1S/C11H8BrO2.C4H10N.2CH3.2ClH.H2Si.Zr/c1-6-2-7-4-9-11(14-5-13-9)10(12)8(7)3-6;1-4(2,3)5;;;;;;/h3H,4-5H2,1H3;5H,1-3H3;2*1H3;2*1H;1H2;/q4*-1;;;;. The number of allylic oxidation sites excluding steroid dienone is 6. The van der Waals surface area contributed by atoms with E-state index in [0.29, 0.717) is 6.79 Å². The molecule has 0 spiro atoms. The molecule has 1 heterocycles. The van der Waals surface area contributed by atoms with Crippen LogP contribution in [0.1, 0.15) is 34.1 Å². The van der Waals surface area contributed by atoms with Gasteiger partial charge < -0.3 is 30.1 Å². The number of hydrogen-bond acceptors (Lipinski definition) is 2. The molecule has 0 saturated carbocycles. The van der Waals surface area contributed by atoms with E-state index in [1.165, 1.54) is 11.1 Å². The van der Waals surface area contributed by atoms with E-state index in [-0.39, 0.29) is 45.2 Å². The summed E-state index contributed by atoms with van der Waals surface area (Å²) in [6, 6.07) is 0. The van der Waals surface area contributed by atoms with E-state index >= 15 is 0 Å². The van der Waals surface area contributed by atoms with Gasteiger partial charge in [-0.2, -0.15) is 22.8 Å². The second-order valence-electron chi connectivity index (χ2n) is 5.74. The summed E-state index contributed by atoms with van der Waals surface area (Å²) in [5.74, 6) is 1.78. The Morgan fingerprint density at radius 3 is 2.16 bits per heavy atom. The first kappa shape index (κ1) is 33.3. The zero-order chi connectivity index (χ0) is 16.2. The zero-order valence-electron chi connectivity index (χ0n) is 15.7. The summed E-state index contributed by atoms with van der Waals surface area (Å²) >= 11 is 5.12. The Bertz CT molecular complexity index is 549. The molecule has 0 aromatic rings. The molecule has 0 atom stereocenters. The molecule has 146 valence electrons. The Balaban J connectivity index is -0.000000178. The summed E-state index contributed by atoms with van der Waals surface area (Å²) in [5, 5.41) is 0. The molecule has 0 radical (unpaired) electrons. The van der Waals surface area contributed by atoms with E-state index < -0.39 is 0 Å². The van der Waals surface area contributed by atoms with Gasteiger partial charge in [-0.15, -0.1) is 30.4 Å². The molecule has 0 amide bonds. The molecule has 2 aliphatic carbocycles. The molecular weight excluding hydrogens is 520 g/mol. The van der Waals surface area contributed by atoms with Crippen LogP contribution in [0.25, 0.3) is 5.73 Å². The fraction of sp³-hybridized carbons (Fsp3) is 0.412. The summed E-state index contributed by atoms with van der Waals surface area (Å²) in [7, 11) is 0. The maximum atomic E-state index is 6.94. The molecule has 0 fully saturated rings. The molecule has 1 N–H and O–H groups in total. The van der Waals surface area contributed by atoms with Crippen molar-refractivity contribution < 1.29 is 32.8 Å². The SMILES string of the molecule is CC(C)(C)[NH-].CC1=CC2=C(Br)C3=C(CC2=[C-]1)OCO3.Cl.Cl.[CH3-].[CH3-].[SiH2]=[Zr]. The quantitative estimate of drug-likeness (QED) is 0.292. The third kappa shape index (κ3) is 10.6. The molecule has 8 heteroatoms. The van der Waals surface area contributed by atoms with E-state index in [4.69, 9.17) is 15.2 Å². The van der Waals surface area contributed by atoms with Crippen LogP contribution in [-0.4, -0.2) is 19.2 Å². The van der Waals surface area contributed by atoms with Crippen LogP contribution >= 0.6 is 40.7 Å². The van der Waals surface area contributed by atoms with Gasteiger partial charge in [-0.05, 0) is 0 Å². The molecule has 0 bridgehead atoms. The van der Waals surface area contributed by atoms with Gasteiger partial charge in [0.25, 0.3) is 0 Å². The number of nitrogens with one attached hydrogen (secondary N) is 1. The van der Waals surface area contributed by atoms with Crippen molar-refractivity contribution in [2.75, 3.05) is 6.79 Å². The van der Waals surface area contributed by atoms with Crippen LogP contribution in [0.4, 0.5) is 0 Å². The molecular formula is C17H28BrCl2NO2SiZr-4. The number of fused-ring (bicyclic) bond motifs is 1. The van der Waals surface area contributed by atoms with Gasteiger partial charge >= 0.3 is 30.2 Å². The molecule has 3 rings (SSSR count). The summed E-state index contributed by atoms with van der Waals surface area (Å²) < 4.78 is 11.8. The number of halogens is 3. The fourth-order valence-corrected chi connectivity index (χ4v) is 2.58. The Labute approximate surface area is 191 Å². The fourth-order valence-electron chi connectivity index (χ4n) is 1.89. The molecule has 3 nitrogen and oxygen atoms in total. The zero-order valence-corrected chi connectivity index (χ0v) is 22.8. The van der Waals surface area contributed by atoms with E-state index in [0.717, 1.165) is 28.0 Å². The molecule has 25 heavy (non-hydrogen) atoms. The van der Waals surface area contributed by atoms with Gasteiger partial charge in [0.2, 0.25) is 6.79 Å². The summed E-state index contributed by atoms with van der Waals surface area (Å²) in [6.45, 7) is 9.90. The van der Waals surface area contributed by atoms with Crippen LogP contribution in [0.5, 0.6) is 0 Å². The first-order chi connectivity index (χ1) is 9.75. The van der Waals surface area contributed by atoms with Gasteiger partial charge in [-0.3, -0.25) is 0 Å². The summed E-state index contributed by atoms with van der Waals surface area (Å²) in [4.78, 5) is 0. The minimum absolute atomic E-state index is 0. The van der Waals surface area contributed by atoms with Crippen molar-refractivity contribution in [2.45, 2.75) is 39.7 Å². The second kappa shape index (κ2) is 14.7. The van der Waals surface area contributed by atoms with Gasteiger partial charge in [0, 0.05) is 10.9 Å². The molecule has 0 unspecified atom stereocenters. The maximum absolute atomic E-state index is 6.94. The topological polar surface area (TPSA) is 42.3 Å². The Morgan fingerprint density at radius 2 is 1.68 bits per heavy atom. The van der Waals surface area contributed by atoms with Gasteiger partial charge in [0.15, 0.2) is 5.76 Å². The Morgan fingerprint density at radius 1 is 1.20 bits per heavy atom. The van der Waals surface area contributed by atoms with Crippen molar-refractivity contribution in [2.24, 2.45) is 0 Å². The van der Waals surface area contributed by atoms with E-state index in [1.807, 2.05) is 34.6 Å². The van der Waals surface area contributed by atoms with Crippen LogP contribution in [0.3, 0.4) is 0 Å². The van der Waals surface area contributed by atoms with Crippen molar-refractivity contribution >= 4 is 47.6 Å². The normalized spacial score (nSPS) is 15.9. The average molecular weight is 549 g/mol. The summed E-state index contributed by atoms with van der Waals surface area (Å²) in [5.41, 5.74) is 10.2. The molecule has 3 aliphatic rings.